The van der Waals surface area contributed by atoms with Gasteiger partial charge in [-0.1, -0.05) is 30.3 Å². The van der Waals surface area contributed by atoms with E-state index < -0.39 is 27.7 Å². The quantitative estimate of drug-likeness (QED) is 0.445. The Kier molecular flexibility index (Phi) is 7.99. The molecule has 1 aromatic heterocycles. The predicted molar refractivity (Wildman–Crippen MR) is 128 cm³/mol. The van der Waals surface area contributed by atoms with E-state index in [9.17, 15) is 18.0 Å². The summed E-state index contributed by atoms with van der Waals surface area (Å²) in [7, 11) is -4.24. The smallest absolute Gasteiger partial charge is 0.323 e. The SMILES string of the molecule is CCOC(=O)CS(=O)(=O)NC(=O)c1nc(N(Cc2ccccc2)c2ccc(C#N)cc2)sc1C. The van der Waals surface area contributed by atoms with Crippen molar-refractivity contribution in [2.24, 2.45) is 0 Å². The van der Waals surface area contributed by atoms with Crippen molar-refractivity contribution in [3.05, 3.63) is 76.3 Å². The number of aromatic nitrogens is 1. The molecule has 0 saturated heterocycles. The van der Waals surface area contributed by atoms with E-state index in [1.807, 2.05) is 40.0 Å². The van der Waals surface area contributed by atoms with Crippen LogP contribution in [0.25, 0.3) is 0 Å². The van der Waals surface area contributed by atoms with Crippen LogP contribution in [-0.2, 0) is 26.1 Å². The average molecular weight is 499 g/mol. The number of nitriles is 1. The minimum Gasteiger partial charge on any atom is -0.465 e. The number of nitrogens with zero attached hydrogens (tertiary/aromatic N) is 3. The van der Waals surface area contributed by atoms with Gasteiger partial charge in [0.1, 0.15) is 5.69 Å². The molecule has 176 valence electrons. The van der Waals surface area contributed by atoms with Crippen LogP contribution >= 0.6 is 11.3 Å². The summed E-state index contributed by atoms with van der Waals surface area (Å²) in [6.07, 6.45) is 0. The predicted octanol–water partition coefficient (Wildman–Crippen LogP) is 3.28. The standard InChI is InChI=1S/C23H22N4O5S2/c1-3-32-20(28)15-34(30,31)26-22(29)21-16(2)33-23(25-21)27(14-18-7-5-4-6-8-18)19-11-9-17(13-24)10-12-19/h4-12H,3,14-15H2,1-2H3,(H,26,29). The zero-order valence-corrected chi connectivity index (χ0v) is 20.1. The van der Waals surface area contributed by atoms with Crippen molar-refractivity contribution in [2.45, 2.75) is 20.4 Å². The number of sulfonamides is 1. The van der Waals surface area contributed by atoms with E-state index in [0.29, 0.717) is 22.1 Å². The number of hydrogen-bond donors (Lipinski definition) is 1. The molecule has 2 aromatic carbocycles. The van der Waals surface area contributed by atoms with Gasteiger partial charge in [0, 0.05) is 10.6 Å². The monoisotopic (exact) mass is 498 g/mol. The van der Waals surface area contributed by atoms with Crippen LogP contribution < -0.4 is 9.62 Å². The maximum atomic E-state index is 12.7. The number of benzene rings is 2. The molecule has 0 atom stereocenters. The lowest BCUT2D eigenvalue weighted by atomic mass is 10.2. The fourth-order valence-electron chi connectivity index (χ4n) is 3.04. The summed E-state index contributed by atoms with van der Waals surface area (Å²) < 4.78 is 30.9. The van der Waals surface area contributed by atoms with Crippen LogP contribution in [0.15, 0.2) is 54.6 Å². The van der Waals surface area contributed by atoms with Gasteiger partial charge in [0.2, 0.25) is 10.0 Å². The van der Waals surface area contributed by atoms with Crippen LogP contribution in [0.2, 0.25) is 0 Å². The molecule has 3 aromatic rings. The molecular weight excluding hydrogens is 476 g/mol. The van der Waals surface area contributed by atoms with Gasteiger partial charge in [-0.15, -0.1) is 11.3 Å². The normalized spacial score (nSPS) is 10.9. The summed E-state index contributed by atoms with van der Waals surface area (Å²) in [5.41, 5.74) is 2.19. The zero-order chi connectivity index (χ0) is 24.7. The van der Waals surface area contributed by atoms with E-state index in [-0.39, 0.29) is 12.3 Å². The van der Waals surface area contributed by atoms with E-state index >= 15 is 0 Å². The average Bonchev–Trinajstić information content (AvgIpc) is 3.19. The molecule has 0 radical (unpaired) electrons. The molecule has 1 N–H and O–H groups in total. The lowest BCUT2D eigenvalue weighted by Gasteiger charge is -2.22. The van der Waals surface area contributed by atoms with Gasteiger partial charge in [0.25, 0.3) is 5.91 Å². The van der Waals surface area contributed by atoms with Crippen LogP contribution in [0.4, 0.5) is 10.8 Å². The van der Waals surface area contributed by atoms with Gasteiger partial charge in [-0.2, -0.15) is 5.26 Å². The molecule has 0 aliphatic rings. The summed E-state index contributed by atoms with van der Waals surface area (Å²) in [6, 6.07) is 18.6. The Balaban J connectivity index is 1.90. The molecule has 0 aliphatic heterocycles. The van der Waals surface area contributed by atoms with Crippen LogP contribution in [0.1, 0.15) is 33.4 Å². The molecule has 0 aliphatic carbocycles. The third-order valence-electron chi connectivity index (χ3n) is 4.58. The van der Waals surface area contributed by atoms with Gasteiger partial charge in [0.05, 0.1) is 24.8 Å². The molecule has 3 rings (SSSR count). The largest absolute Gasteiger partial charge is 0.465 e. The van der Waals surface area contributed by atoms with Crippen molar-refractivity contribution in [3.63, 3.8) is 0 Å². The number of ether oxygens (including phenoxy) is 1. The van der Waals surface area contributed by atoms with E-state index in [0.717, 1.165) is 11.3 Å². The lowest BCUT2D eigenvalue weighted by Crippen LogP contribution is -2.36. The number of thiazole rings is 1. The first-order valence-electron chi connectivity index (χ1n) is 10.2. The highest BCUT2D eigenvalue weighted by molar-refractivity contribution is 7.90. The minimum atomic E-state index is -4.24. The second kappa shape index (κ2) is 10.9. The van der Waals surface area contributed by atoms with Gasteiger partial charge in [0.15, 0.2) is 10.9 Å². The van der Waals surface area contributed by atoms with Crippen LogP contribution in [0.5, 0.6) is 0 Å². The minimum absolute atomic E-state index is 0.0312. The maximum absolute atomic E-state index is 12.7. The number of hydrogen-bond acceptors (Lipinski definition) is 9. The summed E-state index contributed by atoms with van der Waals surface area (Å²) in [6.45, 7) is 3.68. The number of carbonyl (C=O) groups is 2. The number of aryl methyl sites for hydroxylation is 1. The fraction of sp³-hybridized carbons (Fsp3) is 0.217. The first-order valence-corrected chi connectivity index (χ1v) is 12.7. The zero-order valence-electron chi connectivity index (χ0n) is 18.5. The van der Waals surface area contributed by atoms with Gasteiger partial charge < -0.3 is 9.64 Å². The molecule has 0 unspecified atom stereocenters. The first-order chi connectivity index (χ1) is 16.2. The third kappa shape index (κ3) is 6.40. The Hall–Kier alpha value is -3.75. The van der Waals surface area contributed by atoms with Crippen molar-refractivity contribution in [2.75, 3.05) is 17.3 Å². The van der Waals surface area contributed by atoms with Crippen LogP contribution in [0.3, 0.4) is 0 Å². The van der Waals surface area contributed by atoms with E-state index in [4.69, 9.17) is 5.26 Å². The molecule has 0 saturated carbocycles. The van der Waals surface area contributed by atoms with Crippen molar-refractivity contribution in [3.8, 4) is 6.07 Å². The summed E-state index contributed by atoms with van der Waals surface area (Å²) in [5, 5.41) is 9.57. The number of amides is 1. The maximum Gasteiger partial charge on any atom is 0.323 e. The Morgan fingerprint density at radius 2 is 1.82 bits per heavy atom. The second-order valence-corrected chi connectivity index (χ2v) is 10.0. The Labute approximate surface area is 201 Å². The van der Waals surface area contributed by atoms with E-state index in [2.05, 4.69) is 15.8 Å². The van der Waals surface area contributed by atoms with E-state index in [1.54, 1.807) is 38.1 Å². The molecule has 1 amide bonds. The molecule has 1 heterocycles. The highest BCUT2D eigenvalue weighted by atomic mass is 32.2. The Morgan fingerprint density at radius 3 is 2.44 bits per heavy atom. The van der Waals surface area contributed by atoms with Crippen LogP contribution in [0, 0.1) is 18.3 Å². The van der Waals surface area contributed by atoms with Gasteiger partial charge in [-0.05, 0) is 43.7 Å². The molecule has 11 heteroatoms. The van der Waals surface area contributed by atoms with Crippen molar-refractivity contribution in [1.29, 1.82) is 5.26 Å². The topological polar surface area (TPSA) is 129 Å². The third-order valence-corrected chi connectivity index (χ3v) is 6.69. The van der Waals surface area contributed by atoms with Gasteiger partial charge in [-0.25, -0.2) is 18.1 Å². The number of rotatable bonds is 9. The van der Waals surface area contributed by atoms with Crippen molar-refractivity contribution < 1.29 is 22.7 Å². The Bertz CT molecular complexity index is 1310. The van der Waals surface area contributed by atoms with Crippen molar-refractivity contribution >= 4 is 44.1 Å². The van der Waals surface area contributed by atoms with Gasteiger partial charge >= 0.3 is 5.97 Å². The van der Waals surface area contributed by atoms with E-state index in [1.165, 1.54) is 11.3 Å². The highest BCUT2D eigenvalue weighted by Crippen LogP contribution is 2.33. The molecule has 0 spiro atoms. The van der Waals surface area contributed by atoms with Crippen molar-refractivity contribution in [1.82, 2.24) is 9.71 Å². The molecule has 0 bridgehead atoms. The Morgan fingerprint density at radius 1 is 1.15 bits per heavy atom. The first kappa shape index (κ1) is 24.9. The fourth-order valence-corrected chi connectivity index (χ4v) is 4.81. The number of esters is 1. The molecule has 9 nitrogen and oxygen atoms in total. The summed E-state index contributed by atoms with van der Waals surface area (Å²) in [5.74, 6) is -2.84. The number of carbonyl (C=O) groups excluding carboxylic acids is 2. The molecule has 34 heavy (non-hydrogen) atoms. The lowest BCUT2D eigenvalue weighted by molar-refractivity contribution is -0.139. The summed E-state index contributed by atoms with van der Waals surface area (Å²) >= 11 is 1.23. The number of anilines is 2. The number of nitrogens with one attached hydrogen (secondary N) is 1. The van der Waals surface area contributed by atoms with Gasteiger partial charge in [-0.3, -0.25) is 9.59 Å². The van der Waals surface area contributed by atoms with Crippen LogP contribution in [-0.4, -0.2) is 37.6 Å². The molecular formula is C23H22N4O5S2. The second-order valence-electron chi connectivity index (χ2n) is 7.13. The summed E-state index contributed by atoms with van der Waals surface area (Å²) in [4.78, 5) is 31.0. The highest BCUT2D eigenvalue weighted by Gasteiger charge is 2.25. The molecule has 0 fully saturated rings.